The highest BCUT2D eigenvalue weighted by atomic mass is 14.9. The summed E-state index contributed by atoms with van der Waals surface area (Å²) in [6.45, 7) is 3.30. The smallest absolute Gasteiger partial charge is 0.115 e. The Morgan fingerprint density at radius 1 is 0.840 bits per heavy atom. The van der Waals surface area contributed by atoms with Gasteiger partial charge in [0.1, 0.15) is 6.33 Å². The molecular weight excluding hydrogens is 306 g/mol. The van der Waals surface area contributed by atoms with Gasteiger partial charge in [-0.25, -0.2) is 9.97 Å². The molecule has 0 aliphatic heterocycles. The maximum atomic E-state index is 4.07. The molecule has 3 nitrogen and oxygen atoms in total. The van der Waals surface area contributed by atoms with Crippen LogP contribution in [0, 0.1) is 0 Å². The van der Waals surface area contributed by atoms with Crippen molar-refractivity contribution in [1.82, 2.24) is 15.3 Å². The molecule has 0 amide bonds. The van der Waals surface area contributed by atoms with Crippen LogP contribution in [-0.2, 0) is 12.8 Å². The van der Waals surface area contributed by atoms with Gasteiger partial charge in [0.25, 0.3) is 0 Å². The highest BCUT2D eigenvalue weighted by Crippen LogP contribution is 2.18. The van der Waals surface area contributed by atoms with Gasteiger partial charge in [-0.2, -0.15) is 0 Å². The fraction of sp³-hybridized carbons (Fsp3) is 0.273. The normalized spacial score (nSPS) is 12.0. The molecule has 0 saturated carbocycles. The van der Waals surface area contributed by atoms with Crippen molar-refractivity contribution >= 4 is 0 Å². The molecule has 0 radical (unpaired) electrons. The third kappa shape index (κ3) is 5.50. The van der Waals surface area contributed by atoms with Crippen LogP contribution >= 0.6 is 0 Å². The van der Waals surface area contributed by atoms with E-state index in [4.69, 9.17) is 0 Å². The fourth-order valence-corrected chi connectivity index (χ4v) is 2.99. The van der Waals surface area contributed by atoms with Crippen LogP contribution < -0.4 is 5.32 Å². The summed E-state index contributed by atoms with van der Waals surface area (Å²) >= 11 is 0. The van der Waals surface area contributed by atoms with E-state index in [2.05, 4.69) is 76.8 Å². The van der Waals surface area contributed by atoms with E-state index in [0.717, 1.165) is 31.4 Å². The topological polar surface area (TPSA) is 37.8 Å². The first-order chi connectivity index (χ1) is 12.3. The first kappa shape index (κ1) is 17.3. The van der Waals surface area contributed by atoms with Gasteiger partial charge >= 0.3 is 0 Å². The van der Waals surface area contributed by atoms with Gasteiger partial charge in [-0.05, 0) is 49.4 Å². The number of aryl methyl sites for hydroxylation is 1. The minimum Gasteiger partial charge on any atom is -0.314 e. The van der Waals surface area contributed by atoms with E-state index in [-0.39, 0.29) is 0 Å². The largest absolute Gasteiger partial charge is 0.314 e. The minimum atomic E-state index is 0.503. The third-order valence-electron chi connectivity index (χ3n) is 4.37. The Balaban J connectivity index is 1.40. The molecule has 0 aliphatic carbocycles. The summed E-state index contributed by atoms with van der Waals surface area (Å²) in [4.78, 5) is 8.14. The zero-order chi connectivity index (χ0) is 17.3. The van der Waals surface area contributed by atoms with Crippen molar-refractivity contribution < 1.29 is 0 Å². The van der Waals surface area contributed by atoms with Crippen LogP contribution in [0.2, 0.25) is 0 Å². The molecule has 1 unspecified atom stereocenters. The van der Waals surface area contributed by atoms with E-state index < -0.39 is 0 Å². The predicted octanol–water partition coefficient (Wildman–Crippen LogP) is 4.30. The van der Waals surface area contributed by atoms with Gasteiger partial charge in [0.15, 0.2) is 0 Å². The molecule has 128 valence electrons. The summed E-state index contributed by atoms with van der Waals surface area (Å²) < 4.78 is 0. The summed E-state index contributed by atoms with van der Waals surface area (Å²) in [7, 11) is 0. The Morgan fingerprint density at radius 2 is 1.56 bits per heavy atom. The van der Waals surface area contributed by atoms with Crippen LogP contribution in [0.25, 0.3) is 11.1 Å². The second kappa shape index (κ2) is 9.09. The minimum absolute atomic E-state index is 0.503. The summed E-state index contributed by atoms with van der Waals surface area (Å²) in [6, 6.07) is 19.9. The molecule has 1 heterocycles. The molecule has 0 bridgehead atoms. The van der Waals surface area contributed by atoms with E-state index >= 15 is 0 Å². The Bertz CT molecular complexity index is 739. The summed E-state index contributed by atoms with van der Waals surface area (Å²) in [6.07, 6.45) is 8.57. The lowest BCUT2D eigenvalue weighted by atomic mass is 10.0. The van der Waals surface area contributed by atoms with Crippen LogP contribution in [0.1, 0.15) is 24.5 Å². The number of nitrogens with zero attached hydrogens (tertiary/aromatic N) is 2. The maximum absolute atomic E-state index is 4.07. The first-order valence-corrected chi connectivity index (χ1v) is 8.93. The molecule has 0 fully saturated rings. The first-order valence-electron chi connectivity index (χ1n) is 8.93. The second-order valence-corrected chi connectivity index (χ2v) is 6.47. The zero-order valence-corrected chi connectivity index (χ0v) is 14.7. The third-order valence-corrected chi connectivity index (χ3v) is 4.37. The highest BCUT2D eigenvalue weighted by molar-refractivity contribution is 5.61. The molecule has 0 aliphatic rings. The number of aromatic nitrogens is 2. The van der Waals surface area contributed by atoms with E-state index in [0.29, 0.717) is 6.04 Å². The quantitative estimate of drug-likeness (QED) is 0.626. The molecule has 3 heteroatoms. The Hall–Kier alpha value is -2.52. The molecule has 0 saturated heterocycles. The monoisotopic (exact) mass is 331 g/mol. The SMILES string of the molecule is CC(Cc1ccccc1)NCCCc1ccc(-c2cncnc2)cc1. The molecule has 1 atom stereocenters. The van der Waals surface area contributed by atoms with Crippen molar-refractivity contribution in [2.45, 2.75) is 32.2 Å². The Kier molecular flexibility index (Phi) is 6.29. The van der Waals surface area contributed by atoms with Crippen molar-refractivity contribution in [1.29, 1.82) is 0 Å². The van der Waals surface area contributed by atoms with Crippen LogP contribution in [-0.4, -0.2) is 22.6 Å². The lowest BCUT2D eigenvalue weighted by Gasteiger charge is -2.14. The van der Waals surface area contributed by atoms with Crippen LogP contribution in [0.15, 0.2) is 73.3 Å². The summed E-state index contributed by atoms with van der Waals surface area (Å²) in [5.41, 5.74) is 4.99. The maximum Gasteiger partial charge on any atom is 0.115 e. The summed E-state index contributed by atoms with van der Waals surface area (Å²) in [5.74, 6) is 0. The molecular formula is C22H25N3. The fourth-order valence-electron chi connectivity index (χ4n) is 2.99. The lowest BCUT2D eigenvalue weighted by molar-refractivity contribution is 0.534. The van der Waals surface area contributed by atoms with Crippen molar-refractivity contribution in [3.8, 4) is 11.1 Å². The molecule has 2 aromatic carbocycles. The standard InChI is InChI=1S/C22H25N3/c1-18(14-20-6-3-2-4-7-20)25-13-5-8-19-9-11-21(12-10-19)22-15-23-17-24-16-22/h2-4,6-7,9-12,15-18,25H,5,8,13-14H2,1H3. The van der Waals surface area contributed by atoms with E-state index in [1.54, 1.807) is 6.33 Å². The number of rotatable bonds is 8. The van der Waals surface area contributed by atoms with Crippen molar-refractivity contribution in [2.75, 3.05) is 6.54 Å². The molecule has 3 rings (SSSR count). The molecule has 0 spiro atoms. The molecule has 3 aromatic rings. The number of nitrogens with one attached hydrogen (secondary N) is 1. The van der Waals surface area contributed by atoms with E-state index in [9.17, 15) is 0 Å². The Labute approximate surface area is 150 Å². The van der Waals surface area contributed by atoms with E-state index in [1.165, 1.54) is 16.7 Å². The van der Waals surface area contributed by atoms with Crippen LogP contribution in [0.5, 0.6) is 0 Å². The lowest BCUT2D eigenvalue weighted by Crippen LogP contribution is -2.29. The van der Waals surface area contributed by atoms with Gasteiger partial charge in [-0.15, -0.1) is 0 Å². The van der Waals surface area contributed by atoms with E-state index in [1.807, 2.05) is 12.4 Å². The highest BCUT2D eigenvalue weighted by Gasteiger charge is 2.03. The Morgan fingerprint density at radius 3 is 2.28 bits per heavy atom. The van der Waals surface area contributed by atoms with Crippen molar-refractivity contribution in [3.05, 3.63) is 84.4 Å². The molecule has 25 heavy (non-hydrogen) atoms. The average molecular weight is 331 g/mol. The van der Waals surface area contributed by atoms with Crippen LogP contribution in [0.4, 0.5) is 0 Å². The second-order valence-electron chi connectivity index (χ2n) is 6.47. The number of benzene rings is 2. The van der Waals surface area contributed by atoms with Gasteiger partial charge in [0.05, 0.1) is 0 Å². The molecule has 1 N–H and O–H groups in total. The van der Waals surface area contributed by atoms with Gasteiger partial charge in [0, 0.05) is 24.0 Å². The predicted molar refractivity (Wildman–Crippen MR) is 103 cm³/mol. The average Bonchev–Trinajstić information content (AvgIpc) is 2.67. The van der Waals surface area contributed by atoms with Gasteiger partial charge in [-0.3, -0.25) is 0 Å². The van der Waals surface area contributed by atoms with Crippen LogP contribution in [0.3, 0.4) is 0 Å². The zero-order valence-electron chi connectivity index (χ0n) is 14.7. The van der Waals surface area contributed by atoms with Crippen molar-refractivity contribution in [2.24, 2.45) is 0 Å². The number of hydrogen-bond donors (Lipinski definition) is 1. The molecule has 1 aromatic heterocycles. The van der Waals surface area contributed by atoms with Crippen molar-refractivity contribution in [3.63, 3.8) is 0 Å². The summed E-state index contributed by atoms with van der Waals surface area (Å²) in [5, 5.41) is 3.62. The van der Waals surface area contributed by atoms with Gasteiger partial charge in [0.2, 0.25) is 0 Å². The number of hydrogen-bond acceptors (Lipinski definition) is 3. The van der Waals surface area contributed by atoms with Gasteiger partial charge in [-0.1, -0.05) is 54.6 Å². The van der Waals surface area contributed by atoms with Gasteiger partial charge < -0.3 is 5.32 Å².